The van der Waals surface area contributed by atoms with Crippen LogP contribution in [0.25, 0.3) is 0 Å². The van der Waals surface area contributed by atoms with E-state index in [1.165, 1.54) is 6.33 Å². The Morgan fingerprint density at radius 2 is 2.36 bits per heavy atom. The lowest BCUT2D eigenvalue weighted by Gasteiger charge is -2.09. The molecular formula is C10H15N3O. The first kappa shape index (κ1) is 10.5. The molecule has 4 nitrogen and oxygen atoms in total. The molecule has 0 unspecified atom stereocenters. The van der Waals surface area contributed by atoms with E-state index in [4.69, 9.17) is 10.5 Å². The lowest BCUT2D eigenvalue weighted by molar-refractivity contribution is 0.343. The van der Waals surface area contributed by atoms with Crippen LogP contribution < -0.4 is 10.5 Å². The van der Waals surface area contributed by atoms with Crippen LogP contribution in [0.5, 0.6) is 5.88 Å². The van der Waals surface area contributed by atoms with Crippen LogP contribution in [-0.2, 0) is 6.42 Å². The summed E-state index contributed by atoms with van der Waals surface area (Å²) >= 11 is 0. The van der Waals surface area contributed by atoms with Crippen molar-refractivity contribution in [2.24, 2.45) is 0 Å². The average Bonchev–Trinajstić information content (AvgIpc) is 2.19. The van der Waals surface area contributed by atoms with Crippen molar-refractivity contribution < 1.29 is 4.74 Å². The van der Waals surface area contributed by atoms with E-state index in [1.54, 1.807) is 6.08 Å². The summed E-state index contributed by atoms with van der Waals surface area (Å²) in [4.78, 5) is 7.96. The molecule has 1 heterocycles. The van der Waals surface area contributed by atoms with Gasteiger partial charge in [-0.15, -0.1) is 0 Å². The molecule has 0 saturated carbocycles. The van der Waals surface area contributed by atoms with E-state index in [0.29, 0.717) is 18.3 Å². The minimum Gasteiger partial charge on any atom is -0.473 e. The highest BCUT2D eigenvalue weighted by atomic mass is 16.5. The molecule has 0 aliphatic rings. The lowest BCUT2D eigenvalue weighted by atomic mass is 10.2. The van der Waals surface area contributed by atoms with Crippen LogP contribution >= 0.6 is 0 Å². The lowest BCUT2D eigenvalue weighted by Crippen LogP contribution is -2.05. The number of ether oxygens (including phenoxy) is 1. The van der Waals surface area contributed by atoms with Crippen LogP contribution in [0.15, 0.2) is 19.0 Å². The van der Waals surface area contributed by atoms with Crippen molar-refractivity contribution in [3.05, 3.63) is 24.5 Å². The van der Waals surface area contributed by atoms with Gasteiger partial charge in [0.15, 0.2) is 0 Å². The number of rotatable bonds is 5. The van der Waals surface area contributed by atoms with E-state index in [-0.39, 0.29) is 0 Å². The monoisotopic (exact) mass is 193 g/mol. The zero-order chi connectivity index (χ0) is 10.4. The van der Waals surface area contributed by atoms with Crippen LogP contribution in [0.1, 0.15) is 18.9 Å². The Kier molecular flexibility index (Phi) is 3.91. The molecule has 4 heteroatoms. The van der Waals surface area contributed by atoms with Crippen LogP contribution in [0, 0.1) is 0 Å². The van der Waals surface area contributed by atoms with Gasteiger partial charge in [-0.05, 0) is 6.42 Å². The fourth-order valence-corrected chi connectivity index (χ4v) is 1.16. The third-order valence-corrected chi connectivity index (χ3v) is 1.78. The molecule has 14 heavy (non-hydrogen) atoms. The van der Waals surface area contributed by atoms with Gasteiger partial charge in [0.25, 0.3) is 0 Å². The Morgan fingerprint density at radius 1 is 1.57 bits per heavy atom. The maximum atomic E-state index is 5.72. The second kappa shape index (κ2) is 5.21. The standard InChI is InChI=1S/C10H15N3O/c1-3-5-8-9(11)12-7-13-10(8)14-6-4-2/h4,7H,2-3,5-6H2,1H3,(H2,11,12,13). The van der Waals surface area contributed by atoms with Crippen LogP contribution in [0.2, 0.25) is 0 Å². The summed E-state index contributed by atoms with van der Waals surface area (Å²) in [7, 11) is 0. The molecule has 0 saturated heterocycles. The molecule has 0 amide bonds. The van der Waals surface area contributed by atoms with Crippen molar-refractivity contribution >= 4 is 5.82 Å². The molecule has 1 rings (SSSR count). The largest absolute Gasteiger partial charge is 0.473 e. The SMILES string of the molecule is C=CCOc1ncnc(N)c1CCC. The highest BCUT2D eigenvalue weighted by Gasteiger charge is 2.08. The van der Waals surface area contributed by atoms with Gasteiger partial charge in [0, 0.05) is 0 Å². The summed E-state index contributed by atoms with van der Waals surface area (Å²) in [6.07, 6.45) is 4.90. The number of nitrogens with two attached hydrogens (primary N) is 1. The minimum atomic E-state index is 0.438. The Balaban J connectivity index is 2.89. The number of anilines is 1. The first-order valence-electron chi connectivity index (χ1n) is 4.62. The van der Waals surface area contributed by atoms with Gasteiger partial charge in [-0.2, -0.15) is 0 Å². The normalized spacial score (nSPS) is 9.79. The molecule has 0 spiro atoms. The summed E-state index contributed by atoms with van der Waals surface area (Å²) in [5.74, 6) is 1.07. The Hall–Kier alpha value is -1.58. The summed E-state index contributed by atoms with van der Waals surface area (Å²) < 4.78 is 5.37. The number of nitrogen functional groups attached to an aromatic ring is 1. The molecule has 0 radical (unpaired) electrons. The zero-order valence-corrected chi connectivity index (χ0v) is 8.36. The third-order valence-electron chi connectivity index (χ3n) is 1.78. The first-order chi connectivity index (χ1) is 6.79. The number of nitrogens with zero attached hydrogens (tertiary/aromatic N) is 2. The van der Waals surface area contributed by atoms with Gasteiger partial charge in [0.05, 0.1) is 5.56 Å². The fourth-order valence-electron chi connectivity index (χ4n) is 1.16. The molecule has 2 N–H and O–H groups in total. The zero-order valence-electron chi connectivity index (χ0n) is 8.36. The van der Waals surface area contributed by atoms with E-state index >= 15 is 0 Å². The Bertz CT molecular complexity index is 312. The maximum Gasteiger partial charge on any atom is 0.222 e. The number of hydrogen-bond donors (Lipinski definition) is 1. The van der Waals surface area contributed by atoms with Crippen LogP contribution in [0.4, 0.5) is 5.82 Å². The Labute approximate surface area is 83.8 Å². The van der Waals surface area contributed by atoms with Gasteiger partial charge in [0.2, 0.25) is 5.88 Å². The second-order valence-corrected chi connectivity index (χ2v) is 2.89. The summed E-state index contributed by atoms with van der Waals surface area (Å²) in [6, 6.07) is 0. The van der Waals surface area contributed by atoms with E-state index in [2.05, 4.69) is 23.5 Å². The predicted molar refractivity (Wildman–Crippen MR) is 56.1 cm³/mol. The minimum absolute atomic E-state index is 0.438. The van der Waals surface area contributed by atoms with Crippen molar-refractivity contribution in [1.29, 1.82) is 0 Å². The number of aromatic nitrogens is 2. The highest BCUT2D eigenvalue weighted by Crippen LogP contribution is 2.20. The second-order valence-electron chi connectivity index (χ2n) is 2.89. The summed E-state index contributed by atoms with van der Waals surface area (Å²) in [5.41, 5.74) is 6.61. The molecule has 0 bridgehead atoms. The molecule has 0 aliphatic heterocycles. The van der Waals surface area contributed by atoms with Crippen molar-refractivity contribution in [2.75, 3.05) is 12.3 Å². The van der Waals surface area contributed by atoms with Crippen LogP contribution in [-0.4, -0.2) is 16.6 Å². The quantitative estimate of drug-likeness (QED) is 0.721. The van der Waals surface area contributed by atoms with Crippen molar-refractivity contribution in [1.82, 2.24) is 9.97 Å². The molecule has 0 fully saturated rings. The first-order valence-corrected chi connectivity index (χ1v) is 4.62. The number of hydrogen-bond acceptors (Lipinski definition) is 4. The third kappa shape index (κ3) is 2.45. The van der Waals surface area contributed by atoms with Gasteiger partial charge < -0.3 is 10.5 Å². The topological polar surface area (TPSA) is 61.0 Å². The maximum absolute atomic E-state index is 5.72. The summed E-state index contributed by atoms with van der Waals surface area (Å²) in [6.45, 7) is 6.08. The van der Waals surface area contributed by atoms with E-state index in [0.717, 1.165) is 18.4 Å². The average molecular weight is 193 g/mol. The van der Waals surface area contributed by atoms with Gasteiger partial charge in [0.1, 0.15) is 18.8 Å². The van der Waals surface area contributed by atoms with Crippen molar-refractivity contribution in [3.63, 3.8) is 0 Å². The predicted octanol–water partition coefficient (Wildman–Crippen LogP) is 1.58. The molecule has 1 aromatic heterocycles. The van der Waals surface area contributed by atoms with Crippen molar-refractivity contribution in [2.45, 2.75) is 19.8 Å². The Morgan fingerprint density at radius 3 is 3.00 bits per heavy atom. The van der Waals surface area contributed by atoms with Gasteiger partial charge in [-0.1, -0.05) is 26.0 Å². The van der Waals surface area contributed by atoms with Crippen LogP contribution in [0.3, 0.4) is 0 Å². The molecule has 0 aromatic carbocycles. The van der Waals surface area contributed by atoms with Crippen molar-refractivity contribution in [3.8, 4) is 5.88 Å². The fraction of sp³-hybridized carbons (Fsp3) is 0.400. The van der Waals surface area contributed by atoms with E-state index in [9.17, 15) is 0 Å². The van der Waals surface area contributed by atoms with Gasteiger partial charge in [-0.25, -0.2) is 9.97 Å². The summed E-state index contributed by atoms with van der Waals surface area (Å²) in [5, 5.41) is 0. The van der Waals surface area contributed by atoms with E-state index < -0.39 is 0 Å². The molecule has 76 valence electrons. The smallest absolute Gasteiger partial charge is 0.222 e. The molecule has 1 aromatic rings. The van der Waals surface area contributed by atoms with Gasteiger partial charge >= 0.3 is 0 Å². The molecular weight excluding hydrogens is 178 g/mol. The highest BCUT2D eigenvalue weighted by molar-refractivity contribution is 5.44. The van der Waals surface area contributed by atoms with E-state index in [1.807, 2.05) is 0 Å². The molecule has 0 atom stereocenters. The molecule has 0 aliphatic carbocycles. The van der Waals surface area contributed by atoms with Gasteiger partial charge in [-0.3, -0.25) is 0 Å².